The average Bonchev–Trinajstić information content (AvgIpc) is 2.47. The number of methoxy groups -OCH3 is 1. The van der Waals surface area contributed by atoms with Crippen LogP contribution in [0.15, 0.2) is 17.6 Å². The number of ether oxygens (including phenoxy) is 1. The third-order valence-electron chi connectivity index (χ3n) is 1.41. The maximum Gasteiger partial charge on any atom is 0.280 e. The minimum Gasteiger partial charge on any atom is -0.383 e. The second-order valence-electron chi connectivity index (χ2n) is 2.38. The molecule has 0 aliphatic heterocycles. The van der Waals surface area contributed by atoms with E-state index in [1.165, 1.54) is 12.5 Å². The van der Waals surface area contributed by atoms with Crippen LogP contribution in [0.4, 0.5) is 0 Å². The standard InChI is InChI=1S/C6H9ClN2O3S/c1-12-3-2-9-4-6(8-5-9)13(7,10)11/h4-5H,2-3H2,1H3. The van der Waals surface area contributed by atoms with E-state index in [4.69, 9.17) is 15.4 Å². The van der Waals surface area contributed by atoms with E-state index in [2.05, 4.69) is 4.98 Å². The van der Waals surface area contributed by atoms with Gasteiger partial charge in [-0.05, 0) is 0 Å². The first-order valence-corrected chi connectivity index (χ1v) is 5.80. The number of hydrogen-bond acceptors (Lipinski definition) is 4. The zero-order valence-electron chi connectivity index (χ0n) is 6.97. The summed E-state index contributed by atoms with van der Waals surface area (Å²) in [5.74, 6) is 0. The summed E-state index contributed by atoms with van der Waals surface area (Å²) in [4.78, 5) is 3.63. The van der Waals surface area contributed by atoms with Crippen molar-refractivity contribution in [2.75, 3.05) is 13.7 Å². The van der Waals surface area contributed by atoms with E-state index >= 15 is 0 Å². The number of aromatic nitrogens is 2. The molecule has 0 aliphatic rings. The van der Waals surface area contributed by atoms with Gasteiger partial charge in [-0.15, -0.1) is 0 Å². The Morgan fingerprint density at radius 2 is 2.38 bits per heavy atom. The van der Waals surface area contributed by atoms with Crippen LogP contribution >= 0.6 is 10.7 Å². The van der Waals surface area contributed by atoms with Gasteiger partial charge in [0.2, 0.25) is 0 Å². The van der Waals surface area contributed by atoms with E-state index < -0.39 is 9.05 Å². The lowest BCUT2D eigenvalue weighted by Gasteiger charge is -1.98. The molecule has 1 aromatic heterocycles. The maximum absolute atomic E-state index is 10.8. The van der Waals surface area contributed by atoms with Crippen molar-refractivity contribution in [3.8, 4) is 0 Å². The Balaban J connectivity index is 2.76. The highest BCUT2D eigenvalue weighted by atomic mass is 35.7. The molecule has 1 rings (SSSR count). The third kappa shape index (κ3) is 2.98. The van der Waals surface area contributed by atoms with Crippen molar-refractivity contribution in [3.05, 3.63) is 12.5 Å². The Hall–Kier alpha value is -0.590. The van der Waals surface area contributed by atoms with Crippen LogP contribution in [0.25, 0.3) is 0 Å². The number of imidazole rings is 1. The van der Waals surface area contributed by atoms with Crippen LogP contribution < -0.4 is 0 Å². The number of halogens is 1. The monoisotopic (exact) mass is 224 g/mol. The summed E-state index contributed by atoms with van der Waals surface area (Å²) >= 11 is 0. The van der Waals surface area contributed by atoms with Crippen molar-refractivity contribution in [2.45, 2.75) is 11.6 Å². The van der Waals surface area contributed by atoms with Crippen LogP contribution in [0.5, 0.6) is 0 Å². The van der Waals surface area contributed by atoms with E-state index in [0.717, 1.165) is 0 Å². The summed E-state index contributed by atoms with van der Waals surface area (Å²) in [6.07, 6.45) is 2.76. The lowest BCUT2D eigenvalue weighted by atomic mass is 10.7. The fourth-order valence-corrected chi connectivity index (χ4v) is 1.46. The summed E-state index contributed by atoms with van der Waals surface area (Å²) in [6.45, 7) is 1.05. The lowest BCUT2D eigenvalue weighted by molar-refractivity contribution is 0.187. The Labute approximate surface area is 80.7 Å². The highest BCUT2D eigenvalue weighted by molar-refractivity contribution is 8.13. The summed E-state index contributed by atoms with van der Waals surface area (Å²) in [7, 11) is 2.93. The van der Waals surface area contributed by atoms with Gasteiger partial charge in [0.05, 0.1) is 12.9 Å². The molecular weight excluding hydrogens is 216 g/mol. The molecule has 0 saturated heterocycles. The van der Waals surface area contributed by atoms with E-state index in [1.54, 1.807) is 11.7 Å². The van der Waals surface area contributed by atoms with Crippen molar-refractivity contribution in [3.63, 3.8) is 0 Å². The van der Waals surface area contributed by atoms with Gasteiger partial charge in [-0.2, -0.15) is 0 Å². The Morgan fingerprint density at radius 1 is 1.69 bits per heavy atom. The van der Waals surface area contributed by atoms with E-state index in [-0.39, 0.29) is 5.03 Å². The van der Waals surface area contributed by atoms with Crippen LogP contribution in [-0.4, -0.2) is 31.7 Å². The molecule has 13 heavy (non-hydrogen) atoms. The second-order valence-corrected chi connectivity index (χ2v) is 4.89. The van der Waals surface area contributed by atoms with Gasteiger partial charge in [0, 0.05) is 30.5 Å². The van der Waals surface area contributed by atoms with Gasteiger partial charge in [0.25, 0.3) is 9.05 Å². The molecule has 0 unspecified atom stereocenters. The number of nitrogens with zero attached hydrogens (tertiary/aromatic N) is 2. The average molecular weight is 225 g/mol. The first-order valence-electron chi connectivity index (χ1n) is 3.49. The van der Waals surface area contributed by atoms with Crippen molar-refractivity contribution >= 4 is 19.7 Å². The molecule has 0 radical (unpaired) electrons. The Kier molecular flexibility index (Phi) is 3.29. The minimum atomic E-state index is -3.71. The summed E-state index contributed by atoms with van der Waals surface area (Å²) in [5.41, 5.74) is 0. The van der Waals surface area contributed by atoms with Crippen LogP contribution in [0.1, 0.15) is 0 Å². The van der Waals surface area contributed by atoms with Crippen LogP contribution in [0.3, 0.4) is 0 Å². The van der Waals surface area contributed by atoms with E-state index in [1.807, 2.05) is 0 Å². The van der Waals surface area contributed by atoms with Gasteiger partial charge in [0.1, 0.15) is 0 Å². The molecule has 1 aromatic rings. The van der Waals surface area contributed by atoms with Crippen molar-refractivity contribution < 1.29 is 13.2 Å². The smallest absolute Gasteiger partial charge is 0.280 e. The van der Waals surface area contributed by atoms with Gasteiger partial charge in [-0.25, -0.2) is 13.4 Å². The first-order chi connectivity index (χ1) is 6.04. The van der Waals surface area contributed by atoms with Gasteiger partial charge in [-0.3, -0.25) is 0 Å². The van der Waals surface area contributed by atoms with E-state index in [9.17, 15) is 8.42 Å². The third-order valence-corrected chi connectivity index (χ3v) is 2.60. The fourth-order valence-electron chi connectivity index (χ4n) is 0.784. The quantitative estimate of drug-likeness (QED) is 0.697. The Morgan fingerprint density at radius 3 is 2.85 bits per heavy atom. The Bertz CT molecular complexity index is 373. The minimum absolute atomic E-state index is 0.134. The fraction of sp³-hybridized carbons (Fsp3) is 0.500. The molecule has 0 N–H and O–H groups in total. The summed E-state index contributed by atoms with van der Waals surface area (Å²) in [5, 5.41) is -0.134. The number of rotatable bonds is 4. The predicted octanol–water partition coefficient (Wildman–Crippen LogP) is 0.457. The van der Waals surface area contributed by atoms with Gasteiger partial charge >= 0.3 is 0 Å². The maximum atomic E-state index is 10.8. The van der Waals surface area contributed by atoms with Crippen molar-refractivity contribution in [1.29, 1.82) is 0 Å². The topological polar surface area (TPSA) is 61.2 Å². The predicted molar refractivity (Wildman–Crippen MR) is 47.1 cm³/mol. The molecule has 0 spiro atoms. The molecule has 1 heterocycles. The molecule has 0 aromatic carbocycles. The first kappa shape index (κ1) is 10.5. The molecule has 7 heteroatoms. The van der Waals surface area contributed by atoms with Crippen LogP contribution in [0.2, 0.25) is 0 Å². The summed E-state index contributed by atoms with van der Waals surface area (Å²) in [6, 6.07) is 0. The molecule has 0 saturated carbocycles. The summed E-state index contributed by atoms with van der Waals surface area (Å²) < 4.78 is 28.0. The molecule has 0 amide bonds. The van der Waals surface area contributed by atoms with Gasteiger partial charge in [0.15, 0.2) is 5.03 Å². The molecule has 0 fully saturated rings. The molecular formula is C6H9ClN2O3S. The van der Waals surface area contributed by atoms with Gasteiger partial charge < -0.3 is 9.30 Å². The van der Waals surface area contributed by atoms with Gasteiger partial charge in [-0.1, -0.05) is 0 Å². The number of hydrogen-bond donors (Lipinski definition) is 0. The van der Waals surface area contributed by atoms with E-state index in [0.29, 0.717) is 13.2 Å². The highest BCUT2D eigenvalue weighted by Gasteiger charge is 2.12. The highest BCUT2D eigenvalue weighted by Crippen LogP contribution is 2.10. The second kappa shape index (κ2) is 4.08. The van der Waals surface area contributed by atoms with Crippen LogP contribution in [0, 0.1) is 0 Å². The zero-order chi connectivity index (χ0) is 9.90. The van der Waals surface area contributed by atoms with Crippen LogP contribution in [-0.2, 0) is 20.3 Å². The lowest BCUT2D eigenvalue weighted by Crippen LogP contribution is -2.01. The largest absolute Gasteiger partial charge is 0.383 e. The zero-order valence-corrected chi connectivity index (χ0v) is 8.55. The molecule has 5 nitrogen and oxygen atoms in total. The molecule has 0 bridgehead atoms. The van der Waals surface area contributed by atoms with Crippen molar-refractivity contribution in [1.82, 2.24) is 9.55 Å². The molecule has 0 aliphatic carbocycles. The molecule has 0 atom stereocenters. The van der Waals surface area contributed by atoms with Crippen molar-refractivity contribution in [2.24, 2.45) is 0 Å². The normalized spacial score (nSPS) is 11.8. The SMILES string of the molecule is COCCn1cnc(S(=O)(=O)Cl)c1. The molecule has 74 valence electrons.